The van der Waals surface area contributed by atoms with Crippen molar-refractivity contribution in [3.05, 3.63) is 119 Å². The van der Waals surface area contributed by atoms with Gasteiger partial charge in [-0.2, -0.15) is 13.2 Å². The summed E-state index contributed by atoms with van der Waals surface area (Å²) in [6.07, 6.45) is -2.94. The second-order valence-corrected chi connectivity index (χ2v) is 9.07. The van der Waals surface area contributed by atoms with Crippen LogP contribution in [-0.2, 0) is 25.7 Å². The number of halogens is 3. The molecule has 0 aliphatic carbocycles. The number of aldehydes is 1. The summed E-state index contributed by atoms with van der Waals surface area (Å²) >= 11 is 0. The summed E-state index contributed by atoms with van der Waals surface area (Å²) in [7, 11) is 0. The Bertz CT molecular complexity index is 1480. The van der Waals surface area contributed by atoms with Crippen molar-refractivity contribution in [3.63, 3.8) is 0 Å². The number of carbonyl (C=O) groups is 2. The van der Waals surface area contributed by atoms with Crippen molar-refractivity contribution in [1.29, 1.82) is 0 Å². The summed E-state index contributed by atoms with van der Waals surface area (Å²) < 4.78 is 44.5. The van der Waals surface area contributed by atoms with E-state index in [9.17, 15) is 22.8 Å². The van der Waals surface area contributed by atoms with Gasteiger partial charge in [-0.1, -0.05) is 42.5 Å². The van der Waals surface area contributed by atoms with Crippen LogP contribution in [0.3, 0.4) is 0 Å². The minimum atomic E-state index is -4.43. The van der Waals surface area contributed by atoms with Crippen LogP contribution in [0.5, 0.6) is 5.75 Å². The molecule has 3 aromatic carbocycles. The molecular formula is C30H23F3N2O3. The van der Waals surface area contributed by atoms with Gasteiger partial charge in [0.15, 0.2) is 6.29 Å². The Morgan fingerprint density at radius 2 is 1.74 bits per heavy atom. The number of pyridine rings is 1. The average molecular weight is 517 g/mol. The molecule has 0 amide bonds. The lowest BCUT2D eigenvalue weighted by Crippen LogP contribution is -2.30. The van der Waals surface area contributed by atoms with Crippen molar-refractivity contribution in [3.8, 4) is 16.9 Å². The van der Waals surface area contributed by atoms with E-state index in [4.69, 9.17) is 4.74 Å². The molecule has 38 heavy (non-hydrogen) atoms. The Morgan fingerprint density at radius 3 is 2.50 bits per heavy atom. The molecule has 0 spiro atoms. The smallest absolute Gasteiger partial charge is 0.416 e. The number of ether oxygens (including phenoxy) is 1. The molecule has 0 saturated carbocycles. The van der Waals surface area contributed by atoms with E-state index in [1.54, 1.807) is 36.4 Å². The number of alkyl halides is 3. The van der Waals surface area contributed by atoms with E-state index in [0.29, 0.717) is 35.7 Å². The van der Waals surface area contributed by atoms with Crippen molar-refractivity contribution in [2.24, 2.45) is 0 Å². The highest BCUT2D eigenvalue weighted by Gasteiger charge is 2.30. The van der Waals surface area contributed by atoms with Gasteiger partial charge in [-0.05, 0) is 71.1 Å². The molecule has 2 heterocycles. The zero-order valence-electron chi connectivity index (χ0n) is 20.2. The molecule has 0 saturated heterocycles. The maximum atomic E-state index is 13.1. The number of rotatable bonds is 6. The molecule has 5 nitrogen and oxygen atoms in total. The number of aromatic nitrogens is 1. The van der Waals surface area contributed by atoms with E-state index >= 15 is 0 Å². The van der Waals surface area contributed by atoms with E-state index in [-0.39, 0.29) is 5.56 Å². The first-order valence-corrected chi connectivity index (χ1v) is 12.0. The maximum Gasteiger partial charge on any atom is 0.416 e. The Kier molecular flexibility index (Phi) is 7.07. The van der Waals surface area contributed by atoms with Gasteiger partial charge in [0.25, 0.3) is 0 Å². The zero-order valence-corrected chi connectivity index (χ0v) is 20.2. The lowest BCUT2D eigenvalue weighted by atomic mass is 9.98. The van der Waals surface area contributed by atoms with Crippen LogP contribution in [0.25, 0.3) is 11.1 Å². The van der Waals surface area contributed by atoms with Gasteiger partial charge in [0.1, 0.15) is 11.4 Å². The first-order chi connectivity index (χ1) is 18.3. The third-order valence-electron chi connectivity index (χ3n) is 6.48. The Labute approximate surface area is 217 Å². The van der Waals surface area contributed by atoms with Gasteiger partial charge in [0, 0.05) is 19.6 Å². The van der Waals surface area contributed by atoms with Crippen LogP contribution < -0.4 is 4.74 Å². The Balaban J connectivity index is 1.29. The SMILES string of the molecule is O=Cc1cccc(CN2CCc3cc(OC(=O)c4ccccc4-c4ccc(C(F)(F)F)cc4)ccc3C2)n1. The van der Waals surface area contributed by atoms with E-state index < -0.39 is 17.7 Å². The molecule has 0 fully saturated rings. The molecule has 1 aromatic heterocycles. The zero-order chi connectivity index (χ0) is 26.7. The van der Waals surface area contributed by atoms with Crippen LogP contribution in [0, 0.1) is 0 Å². The Morgan fingerprint density at radius 1 is 0.947 bits per heavy atom. The monoisotopic (exact) mass is 516 g/mol. The van der Waals surface area contributed by atoms with Crippen LogP contribution in [0.2, 0.25) is 0 Å². The molecule has 192 valence electrons. The Hall–Kier alpha value is -4.30. The van der Waals surface area contributed by atoms with Crippen molar-refractivity contribution in [1.82, 2.24) is 9.88 Å². The number of fused-ring (bicyclic) bond motifs is 1. The lowest BCUT2D eigenvalue weighted by Gasteiger charge is -2.28. The molecule has 8 heteroatoms. The van der Waals surface area contributed by atoms with Gasteiger partial charge in [-0.25, -0.2) is 9.78 Å². The van der Waals surface area contributed by atoms with Crippen molar-refractivity contribution >= 4 is 12.3 Å². The quantitative estimate of drug-likeness (QED) is 0.170. The van der Waals surface area contributed by atoms with Gasteiger partial charge in [-0.15, -0.1) is 0 Å². The molecule has 0 atom stereocenters. The summed E-state index contributed by atoms with van der Waals surface area (Å²) in [6, 6.07) is 22.3. The van der Waals surface area contributed by atoms with Gasteiger partial charge < -0.3 is 4.74 Å². The second-order valence-electron chi connectivity index (χ2n) is 9.07. The number of esters is 1. The third kappa shape index (κ3) is 5.65. The predicted octanol–water partition coefficient (Wildman–Crippen LogP) is 6.36. The molecule has 1 aliphatic heterocycles. The summed E-state index contributed by atoms with van der Waals surface area (Å²) in [4.78, 5) is 30.7. The van der Waals surface area contributed by atoms with Crippen LogP contribution in [0.4, 0.5) is 13.2 Å². The highest BCUT2D eigenvalue weighted by Crippen LogP contribution is 2.32. The fourth-order valence-electron chi connectivity index (χ4n) is 4.58. The van der Waals surface area contributed by atoms with Crippen LogP contribution in [0.1, 0.15) is 43.2 Å². The highest BCUT2D eigenvalue weighted by atomic mass is 19.4. The maximum absolute atomic E-state index is 13.1. The molecule has 0 bridgehead atoms. The topological polar surface area (TPSA) is 59.5 Å². The number of nitrogens with zero attached hydrogens (tertiary/aromatic N) is 2. The molecule has 5 rings (SSSR count). The standard InChI is InChI=1S/C30H23F3N2O3/c31-30(32,33)23-11-8-20(9-12-23)27-6-1-2-7-28(27)29(37)38-26-13-10-22-17-35(15-14-21(22)16-26)18-24-4-3-5-25(19-36)34-24/h1-13,16,19H,14-15,17-18H2. The number of carbonyl (C=O) groups excluding carboxylic acids is 2. The minimum Gasteiger partial charge on any atom is -0.423 e. The fraction of sp³-hybridized carbons (Fsp3) is 0.167. The first-order valence-electron chi connectivity index (χ1n) is 12.0. The number of hydrogen-bond acceptors (Lipinski definition) is 5. The van der Waals surface area contributed by atoms with Crippen LogP contribution in [0.15, 0.2) is 84.9 Å². The average Bonchev–Trinajstić information content (AvgIpc) is 2.93. The molecular weight excluding hydrogens is 493 g/mol. The molecule has 0 unspecified atom stereocenters. The van der Waals surface area contributed by atoms with Gasteiger partial charge in [-0.3, -0.25) is 9.69 Å². The molecule has 1 aliphatic rings. The lowest BCUT2D eigenvalue weighted by molar-refractivity contribution is -0.137. The summed E-state index contributed by atoms with van der Waals surface area (Å²) in [6.45, 7) is 2.11. The van der Waals surface area contributed by atoms with Crippen molar-refractivity contribution in [2.45, 2.75) is 25.7 Å². The van der Waals surface area contributed by atoms with E-state index in [2.05, 4.69) is 9.88 Å². The van der Waals surface area contributed by atoms with E-state index in [0.717, 1.165) is 48.2 Å². The fourth-order valence-corrected chi connectivity index (χ4v) is 4.58. The summed E-state index contributed by atoms with van der Waals surface area (Å²) in [5.74, 6) is -0.177. The minimum absolute atomic E-state index is 0.265. The van der Waals surface area contributed by atoms with Crippen LogP contribution >= 0.6 is 0 Å². The molecule has 0 N–H and O–H groups in total. The third-order valence-corrected chi connectivity index (χ3v) is 6.48. The largest absolute Gasteiger partial charge is 0.423 e. The predicted molar refractivity (Wildman–Crippen MR) is 136 cm³/mol. The summed E-state index contributed by atoms with van der Waals surface area (Å²) in [5.41, 5.74) is 3.93. The first kappa shape index (κ1) is 25.4. The highest BCUT2D eigenvalue weighted by molar-refractivity contribution is 5.98. The van der Waals surface area contributed by atoms with E-state index in [1.165, 1.54) is 12.1 Å². The normalized spacial score (nSPS) is 13.6. The van der Waals surface area contributed by atoms with Crippen molar-refractivity contribution < 1.29 is 27.5 Å². The second kappa shape index (κ2) is 10.6. The summed E-state index contributed by atoms with van der Waals surface area (Å²) in [5, 5.41) is 0. The van der Waals surface area contributed by atoms with Gasteiger partial charge >= 0.3 is 12.1 Å². The van der Waals surface area contributed by atoms with Crippen molar-refractivity contribution in [2.75, 3.05) is 6.54 Å². The van der Waals surface area contributed by atoms with Crippen LogP contribution in [-0.4, -0.2) is 28.7 Å². The molecule has 0 radical (unpaired) electrons. The van der Waals surface area contributed by atoms with E-state index in [1.807, 2.05) is 24.3 Å². The van der Waals surface area contributed by atoms with Gasteiger partial charge in [0.2, 0.25) is 0 Å². The molecule has 4 aromatic rings. The number of hydrogen-bond donors (Lipinski definition) is 0. The number of benzene rings is 3. The van der Waals surface area contributed by atoms with Gasteiger partial charge in [0.05, 0.1) is 16.8 Å².